The highest BCUT2D eigenvalue weighted by atomic mass is 79.9. The van der Waals surface area contributed by atoms with Crippen LogP contribution in [0.5, 0.6) is 0 Å². The Morgan fingerprint density at radius 3 is 2.64 bits per heavy atom. The third-order valence-electron chi connectivity index (χ3n) is 2.68. The van der Waals surface area contributed by atoms with E-state index in [4.69, 9.17) is 4.74 Å². The maximum absolute atomic E-state index is 11.7. The van der Waals surface area contributed by atoms with Crippen molar-refractivity contribution in [3.05, 3.63) is 0 Å². The molecule has 0 aromatic carbocycles. The van der Waals surface area contributed by atoms with Gasteiger partial charge in [0.25, 0.3) is 0 Å². The van der Waals surface area contributed by atoms with E-state index in [1.807, 2.05) is 4.90 Å². The van der Waals surface area contributed by atoms with Crippen LogP contribution < -0.4 is 0 Å². The second kappa shape index (κ2) is 5.12. The molecule has 0 aliphatic carbocycles. The van der Waals surface area contributed by atoms with Crippen LogP contribution in [0.15, 0.2) is 0 Å². The van der Waals surface area contributed by atoms with Crippen LogP contribution in [0.1, 0.15) is 20.3 Å². The number of nitrogens with zero attached hydrogens (tertiary/aromatic N) is 1. The topological polar surface area (TPSA) is 29.5 Å². The SMILES string of the molecule is COCC(C(C)C)N1CCC(Br)C1=O. The maximum atomic E-state index is 11.7. The number of rotatable bonds is 4. The predicted octanol–water partition coefficient (Wildman–Crippen LogP) is 1.65. The molecule has 1 fully saturated rings. The van der Waals surface area contributed by atoms with Gasteiger partial charge < -0.3 is 9.64 Å². The fraction of sp³-hybridized carbons (Fsp3) is 0.900. The fourth-order valence-electron chi connectivity index (χ4n) is 1.81. The molecule has 82 valence electrons. The first-order valence-corrected chi connectivity index (χ1v) is 5.93. The smallest absolute Gasteiger partial charge is 0.236 e. The molecule has 1 rings (SSSR count). The van der Waals surface area contributed by atoms with Gasteiger partial charge in [-0.05, 0) is 12.3 Å². The molecule has 2 unspecified atom stereocenters. The van der Waals surface area contributed by atoms with E-state index < -0.39 is 0 Å². The molecular formula is C10H18BrNO2. The number of likely N-dealkylation sites (tertiary alicyclic amines) is 1. The van der Waals surface area contributed by atoms with E-state index in [1.165, 1.54) is 0 Å². The molecule has 1 amide bonds. The van der Waals surface area contributed by atoms with Gasteiger partial charge in [0.15, 0.2) is 0 Å². The molecule has 0 bridgehead atoms. The minimum absolute atomic E-state index is 0.0145. The van der Waals surface area contributed by atoms with Crippen LogP contribution in [0.2, 0.25) is 0 Å². The van der Waals surface area contributed by atoms with Gasteiger partial charge >= 0.3 is 0 Å². The minimum Gasteiger partial charge on any atom is -0.383 e. The molecule has 4 heteroatoms. The average Bonchev–Trinajstić information content (AvgIpc) is 2.44. The van der Waals surface area contributed by atoms with Crippen LogP contribution in [0.3, 0.4) is 0 Å². The van der Waals surface area contributed by atoms with Gasteiger partial charge in [-0.15, -0.1) is 0 Å². The summed E-state index contributed by atoms with van der Waals surface area (Å²) >= 11 is 3.38. The lowest BCUT2D eigenvalue weighted by Crippen LogP contribution is -2.43. The number of hydrogen-bond donors (Lipinski definition) is 0. The van der Waals surface area contributed by atoms with Gasteiger partial charge in [0.05, 0.1) is 17.5 Å². The first kappa shape index (κ1) is 12.0. The highest BCUT2D eigenvalue weighted by Gasteiger charge is 2.35. The lowest BCUT2D eigenvalue weighted by atomic mass is 10.0. The molecule has 1 saturated heterocycles. The van der Waals surface area contributed by atoms with E-state index in [2.05, 4.69) is 29.8 Å². The Morgan fingerprint density at radius 1 is 1.64 bits per heavy atom. The van der Waals surface area contributed by atoms with Crippen LogP contribution in [-0.2, 0) is 9.53 Å². The second-order valence-electron chi connectivity index (χ2n) is 4.05. The Bertz CT molecular complexity index is 208. The van der Waals surface area contributed by atoms with Gasteiger partial charge in [0, 0.05) is 13.7 Å². The molecule has 3 nitrogen and oxygen atoms in total. The number of alkyl halides is 1. The van der Waals surface area contributed by atoms with E-state index in [0.29, 0.717) is 12.5 Å². The van der Waals surface area contributed by atoms with Gasteiger partial charge in [0.2, 0.25) is 5.91 Å². The molecule has 0 aromatic heterocycles. The molecule has 14 heavy (non-hydrogen) atoms. The number of ether oxygens (including phenoxy) is 1. The molecule has 2 atom stereocenters. The van der Waals surface area contributed by atoms with Gasteiger partial charge in [-0.3, -0.25) is 4.79 Å². The van der Waals surface area contributed by atoms with Crippen LogP contribution in [0.4, 0.5) is 0 Å². The summed E-state index contributed by atoms with van der Waals surface area (Å²) in [5.74, 6) is 0.650. The van der Waals surface area contributed by atoms with Crippen LogP contribution in [0.25, 0.3) is 0 Å². The standard InChI is InChI=1S/C10H18BrNO2/c1-7(2)9(6-14-3)12-5-4-8(11)10(12)13/h7-9H,4-6H2,1-3H3. The highest BCUT2D eigenvalue weighted by Crippen LogP contribution is 2.23. The number of halogens is 1. The molecule has 0 aromatic rings. The molecule has 0 radical (unpaired) electrons. The summed E-state index contributed by atoms with van der Waals surface area (Å²) in [6.45, 7) is 5.72. The molecule has 1 heterocycles. The van der Waals surface area contributed by atoms with Crippen molar-refractivity contribution in [3.63, 3.8) is 0 Å². The summed E-state index contributed by atoms with van der Waals surface area (Å²) in [6.07, 6.45) is 0.908. The number of methoxy groups -OCH3 is 1. The summed E-state index contributed by atoms with van der Waals surface area (Å²) in [5, 5.41) is 0. The summed E-state index contributed by atoms with van der Waals surface area (Å²) in [7, 11) is 1.68. The van der Waals surface area contributed by atoms with Gasteiger partial charge in [-0.2, -0.15) is 0 Å². The number of amides is 1. The van der Waals surface area contributed by atoms with Crippen molar-refractivity contribution in [1.82, 2.24) is 4.90 Å². The van der Waals surface area contributed by atoms with Crippen molar-refractivity contribution in [2.75, 3.05) is 20.3 Å². The fourth-order valence-corrected chi connectivity index (χ4v) is 2.28. The third kappa shape index (κ3) is 2.48. The van der Waals surface area contributed by atoms with Crippen molar-refractivity contribution < 1.29 is 9.53 Å². The minimum atomic E-state index is 0.0145. The lowest BCUT2D eigenvalue weighted by molar-refractivity contribution is -0.131. The Hall–Kier alpha value is -0.0900. The van der Waals surface area contributed by atoms with Crippen molar-refractivity contribution in [2.24, 2.45) is 5.92 Å². The van der Waals surface area contributed by atoms with E-state index >= 15 is 0 Å². The van der Waals surface area contributed by atoms with Crippen molar-refractivity contribution in [3.8, 4) is 0 Å². The summed E-state index contributed by atoms with van der Waals surface area (Å²) < 4.78 is 5.15. The van der Waals surface area contributed by atoms with E-state index in [-0.39, 0.29) is 16.8 Å². The number of hydrogen-bond acceptors (Lipinski definition) is 2. The maximum Gasteiger partial charge on any atom is 0.236 e. The Morgan fingerprint density at radius 2 is 2.29 bits per heavy atom. The van der Waals surface area contributed by atoms with Gasteiger partial charge in [-0.1, -0.05) is 29.8 Å². The zero-order valence-corrected chi connectivity index (χ0v) is 10.6. The first-order chi connectivity index (χ1) is 6.57. The highest BCUT2D eigenvalue weighted by molar-refractivity contribution is 9.10. The monoisotopic (exact) mass is 263 g/mol. The molecule has 0 spiro atoms. The summed E-state index contributed by atoms with van der Waals surface area (Å²) in [5.41, 5.74) is 0. The molecule has 1 aliphatic heterocycles. The Labute approximate surface area is 93.9 Å². The van der Waals surface area contributed by atoms with Crippen molar-refractivity contribution in [1.29, 1.82) is 0 Å². The predicted molar refractivity (Wildman–Crippen MR) is 59.5 cm³/mol. The Kier molecular flexibility index (Phi) is 4.38. The second-order valence-corrected chi connectivity index (χ2v) is 5.16. The van der Waals surface area contributed by atoms with Crippen molar-refractivity contribution >= 4 is 21.8 Å². The summed E-state index contributed by atoms with van der Waals surface area (Å²) in [4.78, 5) is 13.7. The number of carbonyl (C=O) groups is 1. The normalized spacial score (nSPS) is 24.8. The third-order valence-corrected chi connectivity index (χ3v) is 3.53. The Balaban J connectivity index is 2.64. The van der Waals surface area contributed by atoms with Gasteiger partial charge in [-0.25, -0.2) is 0 Å². The molecule has 1 aliphatic rings. The van der Waals surface area contributed by atoms with Crippen molar-refractivity contribution in [2.45, 2.75) is 31.1 Å². The first-order valence-electron chi connectivity index (χ1n) is 5.01. The summed E-state index contributed by atoms with van der Waals surface area (Å²) in [6, 6.07) is 0.218. The lowest BCUT2D eigenvalue weighted by Gasteiger charge is -2.30. The zero-order chi connectivity index (χ0) is 10.7. The molecular weight excluding hydrogens is 246 g/mol. The molecule has 0 N–H and O–H groups in total. The van der Waals surface area contributed by atoms with Gasteiger partial charge in [0.1, 0.15) is 0 Å². The van der Waals surface area contributed by atoms with E-state index in [1.54, 1.807) is 7.11 Å². The zero-order valence-electron chi connectivity index (χ0n) is 9.00. The van der Waals surface area contributed by atoms with Crippen LogP contribution >= 0.6 is 15.9 Å². The van der Waals surface area contributed by atoms with E-state index in [0.717, 1.165) is 13.0 Å². The number of carbonyl (C=O) groups excluding carboxylic acids is 1. The largest absolute Gasteiger partial charge is 0.383 e. The quantitative estimate of drug-likeness (QED) is 0.723. The molecule has 0 saturated carbocycles. The van der Waals surface area contributed by atoms with Crippen LogP contribution in [0, 0.1) is 5.92 Å². The van der Waals surface area contributed by atoms with Crippen LogP contribution in [-0.4, -0.2) is 41.9 Å². The van der Waals surface area contributed by atoms with E-state index in [9.17, 15) is 4.79 Å². The average molecular weight is 264 g/mol.